The van der Waals surface area contributed by atoms with Crippen LogP contribution < -0.4 is 20.1 Å². The van der Waals surface area contributed by atoms with Crippen LogP contribution >= 0.6 is 23.4 Å². The standard InChI is InChI=1S/C33H36ClN5O3S/c1-4-6-11-20-42-25-18-16-23(17-19-25)30-29(31(40)36-27-14-9-10-15-28(27)41-5-2)22(3)35-32-37-33(38-39(30)32)43-21-24-12-7-8-13-26(24)34/h7-10,12-19,30H,4-6,11,20-21H2,1-3H3,(H,36,40)(H,35,37,38). The van der Waals surface area contributed by atoms with Gasteiger partial charge in [0.05, 0.1) is 24.5 Å². The van der Waals surface area contributed by atoms with Gasteiger partial charge in [0.1, 0.15) is 17.5 Å². The Balaban J connectivity index is 1.46. The van der Waals surface area contributed by atoms with Crippen LogP contribution in [0.15, 0.2) is 89.2 Å². The minimum Gasteiger partial charge on any atom is -0.494 e. The summed E-state index contributed by atoms with van der Waals surface area (Å²) in [6.07, 6.45) is 3.29. The van der Waals surface area contributed by atoms with Crippen LogP contribution in [0, 0.1) is 0 Å². The molecule has 1 unspecified atom stereocenters. The number of aromatic nitrogens is 3. The normalized spacial score (nSPS) is 14.2. The second-order valence-corrected chi connectivity index (χ2v) is 11.5. The summed E-state index contributed by atoms with van der Waals surface area (Å²) in [5.74, 6) is 2.33. The number of hydrogen-bond donors (Lipinski definition) is 2. The fraction of sp³-hybridized carbons (Fsp3) is 0.303. The maximum absolute atomic E-state index is 14.0. The van der Waals surface area contributed by atoms with Crippen LogP contribution in [-0.2, 0) is 10.5 Å². The van der Waals surface area contributed by atoms with Gasteiger partial charge in [0.2, 0.25) is 11.1 Å². The molecule has 5 rings (SSSR count). The van der Waals surface area contributed by atoms with Crippen molar-refractivity contribution in [3.63, 3.8) is 0 Å². The van der Waals surface area contributed by atoms with E-state index in [-0.39, 0.29) is 5.91 Å². The van der Waals surface area contributed by atoms with Gasteiger partial charge in [0.15, 0.2) is 0 Å². The number of nitrogens with one attached hydrogen (secondary N) is 2. The molecule has 3 aromatic carbocycles. The number of benzene rings is 3. The van der Waals surface area contributed by atoms with Gasteiger partial charge < -0.3 is 20.1 Å². The van der Waals surface area contributed by atoms with Crippen molar-refractivity contribution in [3.05, 3.63) is 100 Å². The summed E-state index contributed by atoms with van der Waals surface area (Å²) < 4.78 is 13.5. The van der Waals surface area contributed by atoms with E-state index in [0.29, 0.717) is 57.8 Å². The molecule has 8 nitrogen and oxygen atoms in total. The van der Waals surface area contributed by atoms with Gasteiger partial charge in [-0.1, -0.05) is 85.6 Å². The van der Waals surface area contributed by atoms with Gasteiger partial charge in [-0.05, 0) is 61.7 Å². The van der Waals surface area contributed by atoms with E-state index < -0.39 is 6.04 Å². The molecule has 2 N–H and O–H groups in total. The van der Waals surface area contributed by atoms with E-state index >= 15 is 0 Å². The maximum atomic E-state index is 14.0. The number of halogens is 1. The summed E-state index contributed by atoms with van der Waals surface area (Å²) in [4.78, 5) is 18.7. The largest absolute Gasteiger partial charge is 0.494 e. The van der Waals surface area contributed by atoms with Crippen LogP contribution in [0.1, 0.15) is 57.2 Å². The Kier molecular flexibility index (Phi) is 10.3. The lowest BCUT2D eigenvalue weighted by molar-refractivity contribution is -0.113. The summed E-state index contributed by atoms with van der Waals surface area (Å²) >= 11 is 7.87. The van der Waals surface area contributed by atoms with E-state index in [9.17, 15) is 4.79 Å². The third-order valence-corrected chi connectivity index (χ3v) is 8.30. The first kappa shape index (κ1) is 30.5. The molecule has 1 aliphatic heterocycles. The first-order chi connectivity index (χ1) is 21.0. The van der Waals surface area contributed by atoms with Crippen LogP contribution in [0.5, 0.6) is 11.5 Å². The fourth-order valence-electron chi connectivity index (χ4n) is 4.88. The van der Waals surface area contributed by atoms with Crippen molar-refractivity contribution in [2.24, 2.45) is 0 Å². The maximum Gasteiger partial charge on any atom is 0.255 e. The lowest BCUT2D eigenvalue weighted by Gasteiger charge is -2.29. The van der Waals surface area contributed by atoms with E-state index in [1.54, 1.807) is 4.68 Å². The SMILES string of the molecule is CCCCCOc1ccc(C2C(C(=O)Nc3ccccc3OCC)=C(C)Nc3nc(SCc4ccccc4Cl)nn32)cc1. The van der Waals surface area contributed by atoms with Crippen molar-refractivity contribution in [3.8, 4) is 11.5 Å². The highest BCUT2D eigenvalue weighted by Crippen LogP contribution is 2.38. The topological polar surface area (TPSA) is 90.3 Å². The Morgan fingerprint density at radius 1 is 1.02 bits per heavy atom. The van der Waals surface area contributed by atoms with Crippen LogP contribution in [-0.4, -0.2) is 33.9 Å². The van der Waals surface area contributed by atoms with Gasteiger partial charge in [-0.2, -0.15) is 4.98 Å². The van der Waals surface area contributed by atoms with Crippen molar-refractivity contribution in [2.45, 2.75) is 57.0 Å². The van der Waals surface area contributed by atoms with Gasteiger partial charge in [-0.15, -0.1) is 5.10 Å². The Morgan fingerprint density at radius 3 is 2.56 bits per heavy atom. The number of amides is 1. The summed E-state index contributed by atoms with van der Waals surface area (Å²) in [6.45, 7) is 7.13. The van der Waals surface area contributed by atoms with E-state index in [0.717, 1.165) is 36.1 Å². The summed E-state index contributed by atoms with van der Waals surface area (Å²) in [6, 6.07) is 22.5. The van der Waals surface area contributed by atoms with Crippen molar-refractivity contribution in [2.75, 3.05) is 23.8 Å². The Morgan fingerprint density at radius 2 is 1.79 bits per heavy atom. The molecular weight excluding hydrogens is 582 g/mol. The van der Waals surface area contributed by atoms with Crippen molar-refractivity contribution >= 4 is 40.9 Å². The average molecular weight is 618 g/mol. The molecule has 43 heavy (non-hydrogen) atoms. The molecule has 0 radical (unpaired) electrons. The molecule has 10 heteroatoms. The zero-order valence-corrected chi connectivity index (χ0v) is 26.2. The molecule has 224 valence electrons. The first-order valence-electron chi connectivity index (χ1n) is 14.5. The molecule has 0 fully saturated rings. The minimum atomic E-state index is -0.521. The molecular formula is C33H36ClN5O3S. The molecule has 4 aromatic rings. The van der Waals surface area contributed by atoms with Gasteiger partial charge in [-0.3, -0.25) is 4.79 Å². The van der Waals surface area contributed by atoms with Crippen molar-refractivity contribution in [1.82, 2.24) is 14.8 Å². The highest BCUT2D eigenvalue weighted by atomic mass is 35.5. The highest BCUT2D eigenvalue weighted by Gasteiger charge is 2.34. The van der Waals surface area contributed by atoms with E-state index in [1.807, 2.05) is 86.6 Å². The Hall–Kier alpha value is -3.95. The average Bonchev–Trinajstić information content (AvgIpc) is 3.42. The summed E-state index contributed by atoms with van der Waals surface area (Å²) in [7, 11) is 0. The highest BCUT2D eigenvalue weighted by molar-refractivity contribution is 7.98. The third kappa shape index (κ3) is 7.35. The number of anilines is 2. The smallest absolute Gasteiger partial charge is 0.255 e. The number of carbonyl (C=O) groups is 1. The Bertz CT molecular complexity index is 1590. The number of allylic oxidation sites excluding steroid dienone is 1. The lowest BCUT2D eigenvalue weighted by Crippen LogP contribution is -2.31. The molecule has 1 aliphatic rings. The quantitative estimate of drug-likeness (QED) is 0.116. The number of hydrogen-bond acceptors (Lipinski definition) is 7. The van der Waals surface area contributed by atoms with Crippen LogP contribution in [0.25, 0.3) is 0 Å². The van der Waals surface area contributed by atoms with Gasteiger partial charge in [0, 0.05) is 16.5 Å². The van der Waals surface area contributed by atoms with Gasteiger partial charge >= 0.3 is 0 Å². The van der Waals surface area contributed by atoms with Gasteiger partial charge in [0.25, 0.3) is 5.91 Å². The molecule has 1 aromatic heterocycles. The van der Waals surface area contributed by atoms with E-state index in [2.05, 4.69) is 17.6 Å². The minimum absolute atomic E-state index is 0.256. The van der Waals surface area contributed by atoms with Gasteiger partial charge in [-0.25, -0.2) is 4.68 Å². The van der Waals surface area contributed by atoms with Crippen molar-refractivity contribution in [1.29, 1.82) is 0 Å². The number of para-hydroxylation sites is 2. The molecule has 0 aliphatic carbocycles. The van der Waals surface area contributed by atoms with E-state index in [4.69, 9.17) is 31.2 Å². The molecule has 0 saturated carbocycles. The predicted octanol–water partition coefficient (Wildman–Crippen LogP) is 8.12. The number of unbranched alkanes of at least 4 members (excludes halogenated alkanes) is 2. The monoisotopic (exact) mass is 617 g/mol. The number of carbonyl (C=O) groups excluding carboxylic acids is 1. The Labute approximate surface area is 261 Å². The number of fused-ring (bicyclic) bond motifs is 1. The van der Waals surface area contributed by atoms with Crippen LogP contribution in [0.2, 0.25) is 5.02 Å². The molecule has 0 saturated heterocycles. The lowest BCUT2D eigenvalue weighted by atomic mass is 9.95. The fourth-order valence-corrected chi connectivity index (χ4v) is 6.00. The second kappa shape index (κ2) is 14.5. The summed E-state index contributed by atoms with van der Waals surface area (Å²) in [5, 5.41) is 12.5. The van der Waals surface area contributed by atoms with Crippen LogP contribution in [0.3, 0.4) is 0 Å². The molecule has 1 amide bonds. The second-order valence-electron chi connectivity index (χ2n) is 10.1. The third-order valence-electron chi connectivity index (χ3n) is 7.04. The number of thioether (sulfide) groups is 1. The number of ether oxygens (including phenoxy) is 2. The zero-order chi connectivity index (χ0) is 30.2. The summed E-state index contributed by atoms with van der Waals surface area (Å²) in [5.41, 5.74) is 3.72. The number of nitrogens with zero attached hydrogens (tertiary/aromatic N) is 3. The molecule has 0 bridgehead atoms. The predicted molar refractivity (Wildman–Crippen MR) is 173 cm³/mol. The molecule has 2 heterocycles. The van der Waals surface area contributed by atoms with Crippen molar-refractivity contribution < 1.29 is 14.3 Å². The molecule has 1 atom stereocenters. The number of rotatable bonds is 13. The molecule has 0 spiro atoms. The first-order valence-corrected chi connectivity index (χ1v) is 15.9. The van der Waals surface area contributed by atoms with Crippen LogP contribution in [0.4, 0.5) is 11.6 Å². The van der Waals surface area contributed by atoms with E-state index in [1.165, 1.54) is 11.8 Å². The zero-order valence-electron chi connectivity index (χ0n) is 24.6.